The molecule has 13 heavy (non-hydrogen) atoms. The van der Waals surface area contributed by atoms with Crippen molar-refractivity contribution in [3.05, 3.63) is 0 Å². The lowest BCUT2D eigenvalue weighted by molar-refractivity contribution is -0.870. The van der Waals surface area contributed by atoms with Gasteiger partial charge in [-0.3, -0.25) is 0 Å². The van der Waals surface area contributed by atoms with E-state index in [0.717, 1.165) is 11.0 Å². The van der Waals surface area contributed by atoms with Crippen molar-refractivity contribution < 1.29 is 23.8 Å². The SMILES string of the molecule is C[N+](C)(C)CCO[PH+]=O.OCCO. The van der Waals surface area contributed by atoms with Gasteiger partial charge in [-0.25, -0.2) is 0 Å². The van der Waals surface area contributed by atoms with Crippen molar-refractivity contribution in [2.45, 2.75) is 0 Å². The standard InChI is InChI=1S/C5H14NO2P.C2H6O2/c1-6(2,3)4-5-8-9-7;3-1-2-4/h9H,4-5H2,1-3H3;3-4H,1-2H2/q+2;. The predicted molar refractivity (Wildman–Crippen MR) is 52.0 cm³/mol. The molecular weight excluding hydrogens is 193 g/mol. The van der Waals surface area contributed by atoms with E-state index in [2.05, 4.69) is 25.7 Å². The first-order valence-corrected chi connectivity index (χ1v) is 4.80. The molecular formula is C7H20NO4P+2. The van der Waals surface area contributed by atoms with Crippen LogP contribution in [-0.4, -0.2) is 62.2 Å². The molecule has 0 aromatic heterocycles. The number of quaternary nitrogens is 1. The Bertz CT molecular complexity index is 114. The molecule has 0 fully saturated rings. The van der Waals surface area contributed by atoms with Crippen LogP contribution >= 0.6 is 8.69 Å². The van der Waals surface area contributed by atoms with Crippen LogP contribution in [0.1, 0.15) is 0 Å². The minimum absolute atomic E-state index is 0.125. The van der Waals surface area contributed by atoms with Crippen LogP contribution in [-0.2, 0) is 9.09 Å². The smallest absolute Gasteiger partial charge is 0.394 e. The average Bonchev–Trinajstić information content (AvgIpc) is 2.03. The summed E-state index contributed by atoms with van der Waals surface area (Å²) in [5.41, 5.74) is 0. The monoisotopic (exact) mass is 213 g/mol. The molecule has 0 spiro atoms. The van der Waals surface area contributed by atoms with Crippen LogP contribution in [0.2, 0.25) is 0 Å². The van der Waals surface area contributed by atoms with Gasteiger partial charge in [-0.1, -0.05) is 0 Å². The lowest BCUT2D eigenvalue weighted by Crippen LogP contribution is -2.37. The molecule has 1 atom stereocenters. The van der Waals surface area contributed by atoms with Gasteiger partial charge in [0.2, 0.25) is 0 Å². The fourth-order valence-corrected chi connectivity index (χ4v) is 0.536. The van der Waals surface area contributed by atoms with Gasteiger partial charge in [0.25, 0.3) is 0 Å². The second-order valence-corrected chi connectivity index (χ2v) is 3.85. The molecule has 0 radical (unpaired) electrons. The summed E-state index contributed by atoms with van der Waals surface area (Å²) in [6, 6.07) is 0. The lowest BCUT2D eigenvalue weighted by atomic mass is 10.5. The number of rotatable bonds is 5. The molecule has 0 rings (SSSR count). The normalized spacial score (nSPS) is 10.8. The number of hydrogen-bond acceptors (Lipinski definition) is 4. The van der Waals surface area contributed by atoms with E-state index >= 15 is 0 Å². The van der Waals surface area contributed by atoms with Gasteiger partial charge in [0.15, 0.2) is 6.61 Å². The van der Waals surface area contributed by atoms with Crippen LogP contribution in [0, 0.1) is 0 Å². The maximum atomic E-state index is 9.81. The van der Waals surface area contributed by atoms with E-state index in [1.165, 1.54) is 0 Å². The number of aliphatic hydroxyl groups is 2. The summed E-state index contributed by atoms with van der Waals surface area (Å²) in [6.07, 6.45) is 0. The Balaban J connectivity index is 0. The number of aliphatic hydroxyl groups excluding tert-OH is 2. The van der Waals surface area contributed by atoms with Gasteiger partial charge in [-0.05, 0) is 4.57 Å². The van der Waals surface area contributed by atoms with Gasteiger partial charge < -0.3 is 14.7 Å². The van der Waals surface area contributed by atoms with Crippen molar-refractivity contribution in [2.75, 3.05) is 47.5 Å². The molecule has 0 bridgehead atoms. The highest BCUT2D eigenvalue weighted by atomic mass is 31.1. The molecule has 5 nitrogen and oxygen atoms in total. The Labute approximate surface area is 80.8 Å². The van der Waals surface area contributed by atoms with E-state index in [1.807, 2.05) is 0 Å². The van der Waals surface area contributed by atoms with Crippen molar-refractivity contribution in [1.82, 2.24) is 0 Å². The van der Waals surface area contributed by atoms with Gasteiger partial charge in [0.1, 0.15) is 6.54 Å². The zero-order chi connectivity index (χ0) is 10.7. The van der Waals surface area contributed by atoms with Crippen LogP contribution in [0.4, 0.5) is 0 Å². The second-order valence-electron chi connectivity index (χ2n) is 3.39. The zero-order valence-electron chi connectivity index (χ0n) is 8.49. The Morgan fingerprint density at radius 1 is 1.23 bits per heavy atom. The van der Waals surface area contributed by atoms with Gasteiger partial charge in [0.05, 0.1) is 34.4 Å². The van der Waals surface area contributed by atoms with Crippen molar-refractivity contribution in [3.8, 4) is 0 Å². The zero-order valence-corrected chi connectivity index (χ0v) is 9.49. The molecule has 0 aliphatic rings. The molecule has 0 aromatic carbocycles. The number of hydrogen-bond donors (Lipinski definition) is 2. The minimum atomic E-state index is -0.616. The molecule has 1 unspecified atom stereocenters. The molecule has 0 saturated heterocycles. The largest absolute Gasteiger partial charge is 0.494 e. The lowest BCUT2D eigenvalue weighted by Gasteiger charge is -2.21. The molecule has 0 amide bonds. The Morgan fingerprint density at radius 3 is 1.92 bits per heavy atom. The Hall–Kier alpha value is -0.0600. The third kappa shape index (κ3) is 24.5. The predicted octanol–water partition coefficient (Wildman–Crippen LogP) is -0.381. The first-order valence-electron chi connectivity index (χ1n) is 3.99. The summed E-state index contributed by atoms with van der Waals surface area (Å²) in [5.74, 6) is 0. The summed E-state index contributed by atoms with van der Waals surface area (Å²) < 4.78 is 15.3. The van der Waals surface area contributed by atoms with E-state index in [1.54, 1.807) is 0 Å². The highest BCUT2D eigenvalue weighted by Gasteiger charge is 2.06. The molecule has 0 heterocycles. The molecule has 2 N–H and O–H groups in total. The maximum absolute atomic E-state index is 9.81. The van der Waals surface area contributed by atoms with Gasteiger partial charge >= 0.3 is 8.69 Å². The van der Waals surface area contributed by atoms with E-state index in [9.17, 15) is 4.57 Å². The molecule has 0 aliphatic heterocycles. The van der Waals surface area contributed by atoms with Crippen molar-refractivity contribution in [1.29, 1.82) is 0 Å². The van der Waals surface area contributed by atoms with Crippen LogP contribution in [0.25, 0.3) is 0 Å². The Morgan fingerprint density at radius 2 is 1.69 bits per heavy atom. The van der Waals surface area contributed by atoms with Gasteiger partial charge in [0, 0.05) is 0 Å². The highest BCUT2D eigenvalue weighted by molar-refractivity contribution is 7.17. The van der Waals surface area contributed by atoms with E-state index in [-0.39, 0.29) is 13.2 Å². The quantitative estimate of drug-likeness (QED) is 0.371. The summed E-state index contributed by atoms with van der Waals surface area (Å²) in [7, 11) is 5.58. The second kappa shape index (κ2) is 10.0. The van der Waals surface area contributed by atoms with Gasteiger partial charge in [-0.15, -0.1) is 4.52 Å². The van der Waals surface area contributed by atoms with E-state index in [0.29, 0.717) is 6.61 Å². The summed E-state index contributed by atoms with van der Waals surface area (Å²) in [6.45, 7) is 1.22. The fraction of sp³-hybridized carbons (Fsp3) is 1.00. The van der Waals surface area contributed by atoms with Crippen molar-refractivity contribution >= 4 is 8.69 Å². The minimum Gasteiger partial charge on any atom is -0.394 e. The van der Waals surface area contributed by atoms with E-state index in [4.69, 9.17) is 10.2 Å². The van der Waals surface area contributed by atoms with Gasteiger partial charge in [-0.2, -0.15) is 0 Å². The van der Waals surface area contributed by atoms with Crippen molar-refractivity contribution in [3.63, 3.8) is 0 Å². The summed E-state index contributed by atoms with van der Waals surface area (Å²) in [5, 5.41) is 15.2. The summed E-state index contributed by atoms with van der Waals surface area (Å²) in [4.78, 5) is 0. The maximum Gasteiger partial charge on any atom is 0.494 e. The molecule has 0 aliphatic carbocycles. The molecule has 80 valence electrons. The first-order chi connectivity index (χ1) is 5.97. The molecule has 6 heteroatoms. The van der Waals surface area contributed by atoms with Crippen LogP contribution in [0.3, 0.4) is 0 Å². The topological polar surface area (TPSA) is 66.8 Å². The fourth-order valence-electron chi connectivity index (χ4n) is 0.361. The van der Waals surface area contributed by atoms with Crippen LogP contribution < -0.4 is 0 Å². The third-order valence-electron chi connectivity index (χ3n) is 1.02. The number of nitrogens with zero attached hydrogens (tertiary/aromatic N) is 1. The molecule has 0 aromatic rings. The van der Waals surface area contributed by atoms with Crippen LogP contribution in [0.5, 0.6) is 0 Å². The summed E-state index contributed by atoms with van der Waals surface area (Å²) >= 11 is 0. The first kappa shape index (κ1) is 15.4. The van der Waals surface area contributed by atoms with Crippen LogP contribution in [0.15, 0.2) is 0 Å². The highest BCUT2D eigenvalue weighted by Crippen LogP contribution is 1.96. The van der Waals surface area contributed by atoms with E-state index < -0.39 is 8.69 Å². The molecule has 0 saturated carbocycles. The van der Waals surface area contributed by atoms with Crippen molar-refractivity contribution in [2.24, 2.45) is 0 Å². The average molecular weight is 213 g/mol. The number of likely N-dealkylation sites (N-methyl/N-ethyl adjacent to an activating group) is 1. The third-order valence-corrected chi connectivity index (χ3v) is 1.35. The Kier molecular flexibility index (Phi) is 11.9.